The van der Waals surface area contributed by atoms with E-state index in [2.05, 4.69) is 18.2 Å². The molecule has 0 aliphatic heterocycles. The number of phenolic OH excluding ortho intramolecular Hbond substituents is 7. The van der Waals surface area contributed by atoms with Crippen LogP contribution in [-0.4, -0.2) is 35.7 Å². The normalized spacial score (nSPS) is 12.1. The fourth-order valence-corrected chi connectivity index (χ4v) is 9.56. The number of aromatic hydroxyl groups is 7. The van der Waals surface area contributed by atoms with Crippen LogP contribution in [0.15, 0.2) is 148 Å². The van der Waals surface area contributed by atoms with Crippen molar-refractivity contribution in [3.05, 3.63) is 140 Å². The monoisotopic (exact) mass is 798 g/mol. The third kappa shape index (κ3) is 4.54. The number of hydrogen-bond acceptors (Lipinski definition) is 9. The summed E-state index contributed by atoms with van der Waals surface area (Å²) >= 11 is 0. The maximum atomic E-state index is 11.9. The number of phenols is 7. The molecule has 0 spiro atoms. The summed E-state index contributed by atoms with van der Waals surface area (Å²) in [7, 11) is 0. The summed E-state index contributed by atoms with van der Waals surface area (Å²) in [5.41, 5.74) is 6.40. The highest BCUT2D eigenvalue weighted by molar-refractivity contribution is 6.29. The molecule has 61 heavy (non-hydrogen) atoms. The molecule has 0 amide bonds. The molecule has 12 rings (SSSR count). The lowest BCUT2D eigenvalue weighted by atomic mass is 9.82. The summed E-state index contributed by atoms with van der Waals surface area (Å²) in [5.74, 6) is -6.91. The fraction of sp³-hybridized carbons (Fsp3) is 0. The van der Waals surface area contributed by atoms with Crippen molar-refractivity contribution in [3.8, 4) is 73.6 Å². The first-order valence-corrected chi connectivity index (χ1v) is 19.5. The summed E-state index contributed by atoms with van der Waals surface area (Å²) in [6.07, 6.45) is 0. The van der Waals surface area contributed by atoms with Crippen LogP contribution in [0.5, 0.6) is 40.2 Å². The first-order valence-electron chi connectivity index (χ1n) is 19.5. The van der Waals surface area contributed by atoms with Crippen molar-refractivity contribution in [3.63, 3.8) is 0 Å². The minimum Gasteiger partial charge on any atom is -0.504 e. The first-order chi connectivity index (χ1) is 29.7. The average Bonchev–Trinajstić information content (AvgIpc) is 3.87. The van der Waals surface area contributed by atoms with Crippen LogP contribution >= 0.6 is 0 Å². The van der Waals surface area contributed by atoms with Gasteiger partial charge >= 0.3 is 0 Å². The van der Waals surface area contributed by atoms with Crippen LogP contribution in [0.4, 0.5) is 0 Å². The molecule has 0 saturated heterocycles. The third-order valence-electron chi connectivity index (χ3n) is 12.2. The number of furan rings is 2. The molecule has 0 saturated carbocycles. The van der Waals surface area contributed by atoms with Gasteiger partial charge in [0.1, 0.15) is 22.3 Å². The van der Waals surface area contributed by atoms with Crippen LogP contribution in [0.1, 0.15) is 0 Å². The van der Waals surface area contributed by atoms with Crippen molar-refractivity contribution in [1.29, 1.82) is 0 Å². The van der Waals surface area contributed by atoms with Gasteiger partial charge in [0, 0.05) is 32.7 Å². The Kier molecular flexibility index (Phi) is 6.91. The van der Waals surface area contributed by atoms with E-state index in [0.29, 0.717) is 38.5 Å². The lowest BCUT2D eigenvalue weighted by Gasteiger charge is -2.22. The summed E-state index contributed by atoms with van der Waals surface area (Å²) in [6.45, 7) is 0. The standard InChI is InChI=1S/C52H30O9/c53-45-42(43-44(47(55)49(45)57)48(56)51(59)50(58)46(43)54)39-31-14-4-3-13-30(31)38(29-16-7-10-24-9-1-2-11-26(24)29)34-23-25(19-20-32(34)39)27-15-8-18-36-40(27)41-37(60-36)22-21-33-28-12-5-6-17-35(28)61-52(33)41/h1-23,53-59H. The molecule has 0 atom stereocenters. The van der Waals surface area contributed by atoms with Crippen molar-refractivity contribution < 1.29 is 44.6 Å². The molecule has 7 N–H and O–H groups in total. The van der Waals surface area contributed by atoms with Crippen LogP contribution in [0.25, 0.3) is 120 Å². The molecule has 12 aromatic rings. The highest BCUT2D eigenvalue weighted by Gasteiger charge is 2.32. The van der Waals surface area contributed by atoms with Crippen LogP contribution in [0, 0.1) is 0 Å². The number of fused-ring (bicyclic) bond motifs is 11. The third-order valence-corrected chi connectivity index (χ3v) is 12.2. The second kappa shape index (κ2) is 12.2. The van der Waals surface area contributed by atoms with Gasteiger partial charge in [0.05, 0.1) is 10.8 Å². The Morgan fingerprint density at radius 1 is 0.295 bits per heavy atom. The maximum Gasteiger partial charge on any atom is 0.205 e. The van der Waals surface area contributed by atoms with Gasteiger partial charge < -0.3 is 44.6 Å². The molecule has 2 aromatic heterocycles. The lowest BCUT2D eigenvalue weighted by Crippen LogP contribution is -1.95. The van der Waals surface area contributed by atoms with E-state index in [1.807, 2.05) is 121 Å². The van der Waals surface area contributed by atoms with Crippen LogP contribution in [0.3, 0.4) is 0 Å². The summed E-state index contributed by atoms with van der Waals surface area (Å²) in [4.78, 5) is 0. The molecule has 0 fully saturated rings. The first kappa shape index (κ1) is 34.5. The zero-order chi connectivity index (χ0) is 41.4. The molecule has 9 heteroatoms. The quantitative estimate of drug-likeness (QED) is 0.0522. The Hall–Kier alpha value is -8.56. The van der Waals surface area contributed by atoms with E-state index in [1.165, 1.54) is 0 Å². The summed E-state index contributed by atoms with van der Waals surface area (Å²) < 4.78 is 13.0. The summed E-state index contributed by atoms with van der Waals surface area (Å²) in [6, 6.07) is 45.4. The van der Waals surface area contributed by atoms with Crippen LogP contribution in [-0.2, 0) is 0 Å². The Balaban J connectivity index is 1.27. The molecule has 0 aliphatic rings. The number of benzene rings is 10. The van der Waals surface area contributed by atoms with Gasteiger partial charge in [-0.05, 0) is 84.9 Å². The van der Waals surface area contributed by atoms with Gasteiger partial charge in [-0.3, -0.25) is 0 Å². The topological polar surface area (TPSA) is 168 Å². The Labute approximate surface area is 343 Å². The second-order valence-corrected chi connectivity index (χ2v) is 15.3. The maximum absolute atomic E-state index is 11.9. The lowest BCUT2D eigenvalue weighted by molar-refractivity contribution is 0.347. The second-order valence-electron chi connectivity index (χ2n) is 15.3. The highest BCUT2D eigenvalue weighted by atomic mass is 16.4. The van der Waals surface area contributed by atoms with E-state index < -0.39 is 51.0 Å². The van der Waals surface area contributed by atoms with E-state index in [1.54, 1.807) is 0 Å². The van der Waals surface area contributed by atoms with Crippen molar-refractivity contribution >= 4 is 87.0 Å². The van der Waals surface area contributed by atoms with Gasteiger partial charge in [-0.1, -0.05) is 109 Å². The SMILES string of the molecule is Oc1c(O)c(O)c2c(-c3c4ccccc4c(-c4cccc5ccccc45)c4cc(-c5cccc6oc7ccc8c9ccccc9oc8c7c56)ccc34)c(O)c(O)c(O)c2c1O. The predicted octanol–water partition coefficient (Wildman–Crippen LogP) is 13.0. The zero-order valence-corrected chi connectivity index (χ0v) is 31.7. The van der Waals surface area contributed by atoms with Gasteiger partial charge in [-0.25, -0.2) is 0 Å². The number of hydrogen-bond donors (Lipinski definition) is 7. The van der Waals surface area contributed by atoms with Crippen molar-refractivity contribution in [2.75, 3.05) is 0 Å². The molecule has 10 aromatic carbocycles. The highest BCUT2D eigenvalue weighted by Crippen LogP contribution is 2.61. The van der Waals surface area contributed by atoms with Gasteiger partial charge in [0.2, 0.25) is 17.2 Å². The van der Waals surface area contributed by atoms with Crippen molar-refractivity contribution in [1.82, 2.24) is 0 Å². The molecule has 0 aliphatic carbocycles. The Morgan fingerprint density at radius 3 is 1.64 bits per heavy atom. The van der Waals surface area contributed by atoms with E-state index in [0.717, 1.165) is 65.5 Å². The molecular weight excluding hydrogens is 769 g/mol. The average molecular weight is 799 g/mol. The van der Waals surface area contributed by atoms with E-state index in [-0.39, 0.29) is 5.56 Å². The van der Waals surface area contributed by atoms with Crippen LogP contribution in [0.2, 0.25) is 0 Å². The minimum absolute atomic E-state index is 0.193. The molecule has 292 valence electrons. The van der Waals surface area contributed by atoms with Crippen molar-refractivity contribution in [2.45, 2.75) is 0 Å². The van der Waals surface area contributed by atoms with E-state index in [4.69, 9.17) is 8.83 Å². The molecule has 0 unspecified atom stereocenters. The zero-order valence-electron chi connectivity index (χ0n) is 31.7. The Morgan fingerprint density at radius 2 is 0.852 bits per heavy atom. The molecule has 0 bridgehead atoms. The van der Waals surface area contributed by atoms with Crippen LogP contribution < -0.4 is 0 Å². The molecule has 9 nitrogen and oxygen atoms in total. The van der Waals surface area contributed by atoms with Gasteiger partial charge in [-0.15, -0.1) is 0 Å². The fourth-order valence-electron chi connectivity index (χ4n) is 9.56. The smallest absolute Gasteiger partial charge is 0.205 e. The predicted molar refractivity (Wildman–Crippen MR) is 239 cm³/mol. The Bertz CT molecular complexity index is 3900. The van der Waals surface area contributed by atoms with E-state index in [9.17, 15) is 35.7 Å². The molecular formula is C52H30O9. The van der Waals surface area contributed by atoms with Gasteiger partial charge in [0.15, 0.2) is 23.0 Å². The van der Waals surface area contributed by atoms with Crippen molar-refractivity contribution in [2.24, 2.45) is 0 Å². The molecule has 2 heterocycles. The number of rotatable bonds is 3. The van der Waals surface area contributed by atoms with Gasteiger partial charge in [-0.2, -0.15) is 0 Å². The van der Waals surface area contributed by atoms with Gasteiger partial charge in [0.25, 0.3) is 0 Å². The number of para-hydroxylation sites is 1. The largest absolute Gasteiger partial charge is 0.504 e. The summed E-state index contributed by atoms with van der Waals surface area (Å²) in [5, 5.41) is 85.4. The molecule has 0 radical (unpaired) electrons. The van der Waals surface area contributed by atoms with E-state index >= 15 is 0 Å². The minimum atomic E-state index is -1.11.